The van der Waals surface area contributed by atoms with Gasteiger partial charge in [-0.2, -0.15) is 0 Å². The maximum absolute atomic E-state index is 5.39. The van der Waals surface area contributed by atoms with Crippen LogP contribution < -0.4 is 0 Å². The van der Waals surface area contributed by atoms with Gasteiger partial charge in [0.1, 0.15) is 0 Å². The van der Waals surface area contributed by atoms with E-state index in [9.17, 15) is 0 Å². The van der Waals surface area contributed by atoms with Crippen LogP contribution in [0.25, 0.3) is 0 Å². The Morgan fingerprint density at radius 1 is 1.60 bits per heavy atom. The van der Waals surface area contributed by atoms with E-state index in [1.54, 1.807) is 0 Å². The zero-order chi connectivity index (χ0) is 8.15. The van der Waals surface area contributed by atoms with Gasteiger partial charge in [0.05, 0.1) is 5.76 Å². The third kappa shape index (κ3) is 3.51. The van der Waals surface area contributed by atoms with Crippen molar-refractivity contribution in [3.05, 3.63) is 12.3 Å². The average molecular weight is 143 g/mol. The van der Waals surface area contributed by atoms with Crippen molar-refractivity contribution in [1.82, 2.24) is 4.90 Å². The largest absolute Gasteiger partial charge is 0.480 e. The molecule has 60 valence electrons. The quantitative estimate of drug-likeness (QED) is 0.440. The monoisotopic (exact) mass is 143 g/mol. The molecule has 0 aliphatic carbocycles. The summed E-state index contributed by atoms with van der Waals surface area (Å²) in [5, 5.41) is 0. The fraction of sp³-hybridized carbons (Fsp3) is 0.750. The molecule has 2 heteroatoms. The Morgan fingerprint density at radius 2 is 2.10 bits per heavy atom. The van der Waals surface area contributed by atoms with Gasteiger partial charge in [-0.1, -0.05) is 13.5 Å². The van der Waals surface area contributed by atoms with Crippen molar-refractivity contribution >= 4 is 0 Å². The van der Waals surface area contributed by atoms with Gasteiger partial charge in [0.25, 0.3) is 0 Å². The molecule has 0 rings (SSSR count). The first kappa shape index (κ1) is 9.50. The fourth-order valence-electron chi connectivity index (χ4n) is 0.786. The average Bonchev–Trinajstić information content (AvgIpc) is 1.81. The van der Waals surface area contributed by atoms with E-state index < -0.39 is 0 Å². The number of hydrogen-bond donors (Lipinski definition) is 0. The van der Waals surface area contributed by atoms with Crippen molar-refractivity contribution < 1.29 is 4.74 Å². The van der Waals surface area contributed by atoms with E-state index in [1.807, 2.05) is 25.9 Å². The Balaban J connectivity index is 3.71. The molecule has 0 saturated carbocycles. The molecule has 0 aliphatic rings. The summed E-state index contributed by atoms with van der Waals surface area (Å²) in [6.07, 6.45) is 1.16. The molecule has 2 nitrogen and oxygen atoms in total. The van der Waals surface area contributed by atoms with Crippen LogP contribution in [0, 0.1) is 0 Å². The molecule has 0 aromatic rings. The maximum Gasteiger partial charge on any atom is 0.151 e. The van der Waals surface area contributed by atoms with Crippen molar-refractivity contribution in [2.24, 2.45) is 0 Å². The Kier molecular flexibility index (Phi) is 4.12. The molecule has 0 saturated heterocycles. The molecule has 10 heavy (non-hydrogen) atoms. The summed E-state index contributed by atoms with van der Waals surface area (Å²) in [6.45, 7) is 7.63. The predicted molar refractivity (Wildman–Crippen MR) is 43.7 cm³/mol. The summed E-state index contributed by atoms with van der Waals surface area (Å²) >= 11 is 0. The van der Waals surface area contributed by atoms with Gasteiger partial charge in [-0.15, -0.1) is 0 Å². The van der Waals surface area contributed by atoms with Crippen molar-refractivity contribution in [1.29, 1.82) is 0 Å². The molecule has 0 bridgehead atoms. The lowest BCUT2D eigenvalue weighted by Gasteiger charge is -2.23. The van der Waals surface area contributed by atoms with E-state index in [0.717, 1.165) is 12.2 Å². The van der Waals surface area contributed by atoms with Gasteiger partial charge in [-0.3, -0.25) is 4.90 Å². The summed E-state index contributed by atoms with van der Waals surface area (Å²) in [5.41, 5.74) is 0. The van der Waals surface area contributed by atoms with Gasteiger partial charge in [0.2, 0.25) is 0 Å². The second-order valence-electron chi connectivity index (χ2n) is 2.65. The lowest BCUT2D eigenvalue weighted by atomic mass is 10.4. The third-order valence-electron chi connectivity index (χ3n) is 1.26. The van der Waals surface area contributed by atoms with E-state index >= 15 is 0 Å². The van der Waals surface area contributed by atoms with Crippen LogP contribution in [0.4, 0.5) is 0 Å². The van der Waals surface area contributed by atoms with Crippen molar-refractivity contribution in [2.45, 2.75) is 26.5 Å². The standard InChI is InChI=1S/C8H17NO/c1-6-8(9(4)5)10-7(2)3/h8H,2,6H2,1,3-5H3. The van der Waals surface area contributed by atoms with Gasteiger partial charge in [0.15, 0.2) is 6.23 Å². The van der Waals surface area contributed by atoms with Crippen LogP contribution in [0.3, 0.4) is 0 Å². The van der Waals surface area contributed by atoms with E-state index in [4.69, 9.17) is 4.74 Å². The molecule has 0 heterocycles. The number of ether oxygens (including phenoxy) is 1. The highest BCUT2D eigenvalue weighted by atomic mass is 16.5. The number of allylic oxidation sites excluding steroid dienone is 1. The summed E-state index contributed by atoms with van der Waals surface area (Å²) in [5.74, 6) is 0.778. The topological polar surface area (TPSA) is 12.5 Å². The van der Waals surface area contributed by atoms with Crippen LogP contribution in [0.15, 0.2) is 12.3 Å². The van der Waals surface area contributed by atoms with Crippen molar-refractivity contribution in [3.63, 3.8) is 0 Å². The van der Waals surface area contributed by atoms with Gasteiger partial charge in [-0.05, 0) is 27.4 Å². The zero-order valence-corrected chi connectivity index (χ0v) is 7.35. The molecular formula is C8H17NO. The minimum Gasteiger partial charge on any atom is -0.480 e. The van der Waals surface area contributed by atoms with E-state index in [0.29, 0.717) is 0 Å². The normalized spacial score (nSPS) is 13.3. The molecule has 0 amide bonds. The Labute approximate surface area is 63.5 Å². The molecule has 0 radical (unpaired) electrons. The zero-order valence-electron chi connectivity index (χ0n) is 7.35. The van der Waals surface area contributed by atoms with Crippen LogP contribution in [0.5, 0.6) is 0 Å². The van der Waals surface area contributed by atoms with Gasteiger partial charge < -0.3 is 4.74 Å². The molecule has 1 unspecified atom stereocenters. The highest BCUT2D eigenvalue weighted by molar-refractivity contribution is 4.75. The first-order valence-electron chi connectivity index (χ1n) is 3.56. The molecule has 0 aliphatic heterocycles. The molecule has 0 spiro atoms. The molecular weight excluding hydrogens is 126 g/mol. The maximum atomic E-state index is 5.39. The van der Waals surface area contributed by atoms with Crippen LogP contribution in [0.1, 0.15) is 20.3 Å². The summed E-state index contributed by atoms with van der Waals surface area (Å²) in [4.78, 5) is 2.04. The van der Waals surface area contributed by atoms with E-state index in [1.165, 1.54) is 0 Å². The first-order valence-corrected chi connectivity index (χ1v) is 3.56. The minimum absolute atomic E-state index is 0.178. The molecule has 0 aromatic carbocycles. The Hall–Kier alpha value is -0.500. The fourth-order valence-corrected chi connectivity index (χ4v) is 0.786. The lowest BCUT2D eigenvalue weighted by Crippen LogP contribution is -2.29. The van der Waals surface area contributed by atoms with Gasteiger partial charge in [-0.25, -0.2) is 0 Å². The highest BCUT2D eigenvalue weighted by Gasteiger charge is 2.07. The first-order chi connectivity index (χ1) is 4.57. The minimum atomic E-state index is 0.178. The van der Waals surface area contributed by atoms with Crippen LogP contribution >= 0.6 is 0 Å². The molecule has 0 fully saturated rings. The number of hydrogen-bond acceptors (Lipinski definition) is 2. The predicted octanol–water partition coefficient (Wildman–Crippen LogP) is 1.83. The van der Waals surface area contributed by atoms with Crippen LogP contribution in [0.2, 0.25) is 0 Å². The van der Waals surface area contributed by atoms with Crippen molar-refractivity contribution in [2.75, 3.05) is 14.1 Å². The Bertz CT molecular complexity index is 110. The summed E-state index contributed by atoms with van der Waals surface area (Å²) in [6, 6.07) is 0. The van der Waals surface area contributed by atoms with Crippen LogP contribution in [-0.4, -0.2) is 25.2 Å². The third-order valence-corrected chi connectivity index (χ3v) is 1.26. The summed E-state index contributed by atoms with van der Waals surface area (Å²) < 4.78 is 5.39. The second kappa shape index (κ2) is 4.34. The second-order valence-corrected chi connectivity index (χ2v) is 2.65. The smallest absolute Gasteiger partial charge is 0.151 e. The Morgan fingerprint density at radius 3 is 2.20 bits per heavy atom. The molecule has 0 aromatic heterocycles. The van der Waals surface area contributed by atoms with Crippen LogP contribution in [-0.2, 0) is 4.74 Å². The van der Waals surface area contributed by atoms with E-state index in [2.05, 4.69) is 13.5 Å². The van der Waals surface area contributed by atoms with Crippen molar-refractivity contribution in [3.8, 4) is 0 Å². The highest BCUT2D eigenvalue weighted by Crippen LogP contribution is 2.05. The molecule has 0 N–H and O–H groups in total. The summed E-state index contributed by atoms with van der Waals surface area (Å²) in [7, 11) is 3.99. The SMILES string of the molecule is C=C(C)OC(CC)N(C)C. The lowest BCUT2D eigenvalue weighted by molar-refractivity contribution is 0.00577. The van der Waals surface area contributed by atoms with Gasteiger partial charge in [0, 0.05) is 0 Å². The number of nitrogens with zero attached hydrogens (tertiary/aromatic N) is 1. The molecule has 1 atom stereocenters. The number of rotatable bonds is 4. The van der Waals surface area contributed by atoms with E-state index in [-0.39, 0.29) is 6.23 Å². The van der Waals surface area contributed by atoms with Gasteiger partial charge >= 0.3 is 0 Å².